The fourth-order valence-corrected chi connectivity index (χ4v) is 2.51. The first-order valence-corrected chi connectivity index (χ1v) is 7.35. The minimum atomic E-state index is -0.991. The molecule has 1 aliphatic heterocycles. The van der Waals surface area contributed by atoms with Crippen LogP contribution in [0.3, 0.4) is 0 Å². The number of hydrogen-bond acceptors (Lipinski definition) is 4. The number of amides is 3. The standard InChI is InChI=1S/C17H16FN3O3/c1-10-8-11(18)4-6-13(10)24-14-7-5-12(9-19-14)21-16(23)20-15(22)17(21,2)3/h4-9H,1-3H3,(H,20,22,23). The van der Waals surface area contributed by atoms with Crippen molar-refractivity contribution in [1.29, 1.82) is 0 Å². The molecule has 0 spiro atoms. The molecule has 1 N–H and O–H groups in total. The number of hydrogen-bond donors (Lipinski definition) is 1. The van der Waals surface area contributed by atoms with Crippen molar-refractivity contribution in [2.75, 3.05) is 4.90 Å². The number of pyridine rings is 1. The number of aryl methyl sites for hydroxylation is 1. The Morgan fingerprint density at radius 3 is 2.50 bits per heavy atom. The molecule has 1 aromatic carbocycles. The number of halogens is 1. The summed E-state index contributed by atoms with van der Waals surface area (Å²) in [6, 6.07) is 6.93. The third kappa shape index (κ3) is 2.68. The molecule has 1 aliphatic rings. The number of urea groups is 1. The highest BCUT2D eigenvalue weighted by Gasteiger charge is 2.46. The van der Waals surface area contributed by atoms with E-state index in [1.54, 1.807) is 32.9 Å². The molecule has 3 rings (SSSR count). The van der Waals surface area contributed by atoms with Crippen LogP contribution in [-0.2, 0) is 4.79 Å². The smallest absolute Gasteiger partial charge is 0.329 e. The van der Waals surface area contributed by atoms with Gasteiger partial charge in [0.1, 0.15) is 17.1 Å². The molecular weight excluding hydrogens is 313 g/mol. The molecule has 0 aliphatic carbocycles. The van der Waals surface area contributed by atoms with Crippen molar-refractivity contribution in [2.45, 2.75) is 26.3 Å². The Morgan fingerprint density at radius 2 is 1.96 bits per heavy atom. The van der Waals surface area contributed by atoms with E-state index in [0.717, 1.165) is 0 Å². The molecule has 7 heteroatoms. The molecule has 6 nitrogen and oxygen atoms in total. The lowest BCUT2D eigenvalue weighted by molar-refractivity contribution is -0.122. The molecule has 3 amide bonds. The number of imide groups is 1. The quantitative estimate of drug-likeness (QED) is 0.878. The molecular formula is C17H16FN3O3. The third-order valence-electron chi connectivity index (χ3n) is 3.87. The van der Waals surface area contributed by atoms with Gasteiger partial charge in [0.15, 0.2) is 0 Å². The van der Waals surface area contributed by atoms with Gasteiger partial charge in [-0.2, -0.15) is 0 Å². The first-order valence-electron chi connectivity index (χ1n) is 7.35. The van der Waals surface area contributed by atoms with Gasteiger partial charge in [-0.1, -0.05) is 0 Å². The summed E-state index contributed by atoms with van der Waals surface area (Å²) in [7, 11) is 0. The maximum absolute atomic E-state index is 13.1. The van der Waals surface area contributed by atoms with Crippen molar-refractivity contribution < 1.29 is 18.7 Å². The van der Waals surface area contributed by atoms with E-state index < -0.39 is 11.6 Å². The van der Waals surface area contributed by atoms with E-state index in [0.29, 0.717) is 22.9 Å². The number of nitrogens with one attached hydrogen (secondary N) is 1. The van der Waals surface area contributed by atoms with Crippen molar-refractivity contribution in [1.82, 2.24) is 10.3 Å². The lowest BCUT2D eigenvalue weighted by atomic mass is 10.0. The number of carbonyl (C=O) groups is 2. The summed E-state index contributed by atoms with van der Waals surface area (Å²) < 4.78 is 18.7. The Hall–Kier alpha value is -2.96. The Bertz CT molecular complexity index is 818. The van der Waals surface area contributed by atoms with E-state index in [9.17, 15) is 14.0 Å². The Labute approximate surface area is 138 Å². The van der Waals surface area contributed by atoms with Gasteiger partial charge in [0.25, 0.3) is 5.91 Å². The molecule has 0 bridgehead atoms. The number of nitrogens with zero attached hydrogens (tertiary/aromatic N) is 2. The first-order chi connectivity index (χ1) is 11.3. The maximum atomic E-state index is 13.1. The Balaban J connectivity index is 1.83. The van der Waals surface area contributed by atoms with Crippen LogP contribution < -0.4 is 15.0 Å². The zero-order chi connectivity index (χ0) is 17.5. The van der Waals surface area contributed by atoms with Crippen molar-refractivity contribution in [3.8, 4) is 11.6 Å². The molecule has 2 aromatic rings. The van der Waals surface area contributed by atoms with Gasteiger partial charge in [-0.05, 0) is 50.6 Å². The maximum Gasteiger partial charge on any atom is 0.329 e. The van der Waals surface area contributed by atoms with Crippen LogP contribution in [0.5, 0.6) is 11.6 Å². The third-order valence-corrected chi connectivity index (χ3v) is 3.87. The van der Waals surface area contributed by atoms with Crippen molar-refractivity contribution in [3.05, 3.63) is 47.9 Å². The van der Waals surface area contributed by atoms with Gasteiger partial charge >= 0.3 is 6.03 Å². The summed E-state index contributed by atoms with van der Waals surface area (Å²) in [4.78, 5) is 29.3. The molecule has 0 atom stereocenters. The van der Waals surface area contributed by atoms with Gasteiger partial charge in [-0.15, -0.1) is 0 Å². The SMILES string of the molecule is Cc1cc(F)ccc1Oc1ccc(N2C(=O)NC(=O)C2(C)C)cn1. The highest BCUT2D eigenvalue weighted by molar-refractivity contribution is 6.16. The summed E-state index contributed by atoms with van der Waals surface area (Å²) in [6.45, 7) is 5.04. The van der Waals surface area contributed by atoms with Gasteiger partial charge in [0.05, 0.1) is 11.9 Å². The molecule has 2 heterocycles. The average Bonchev–Trinajstić information content (AvgIpc) is 2.71. The number of benzene rings is 1. The van der Waals surface area contributed by atoms with E-state index in [4.69, 9.17) is 4.74 Å². The highest BCUT2D eigenvalue weighted by Crippen LogP contribution is 2.30. The Morgan fingerprint density at radius 1 is 1.21 bits per heavy atom. The van der Waals surface area contributed by atoms with Gasteiger partial charge in [-0.25, -0.2) is 14.2 Å². The minimum Gasteiger partial charge on any atom is -0.439 e. The first kappa shape index (κ1) is 15.9. The number of rotatable bonds is 3. The summed E-state index contributed by atoms with van der Waals surface area (Å²) in [5.74, 6) is 0.0909. The second kappa shape index (κ2) is 5.59. The second-order valence-electron chi connectivity index (χ2n) is 6.02. The number of aromatic nitrogens is 1. The van der Waals surface area contributed by atoms with Crippen molar-refractivity contribution in [2.24, 2.45) is 0 Å². The molecule has 1 aromatic heterocycles. The fraction of sp³-hybridized carbons (Fsp3) is 0.235. The molecule has 24 heavy (non-hydrogen) atoms. The number of carbonyl (C=O) groups excluding carboxylic acids is 2. The highest BCUT2D eigenvalue weighted by atomic mass is 19.1. The van der Waals surface area contributed by atoms with Crippen LogP contribution in [0, 0.1) is 12.7 Å². The zero-order valence-corrected chi connectivity index (χ0v) is 13.5. The second-order valence-corrected chi connectivity index (χ2v) is 6.02. The number of ether oxygens (including phenoxy) is 1. The number of anilines is 1. The van der Waals surface area contributed by atoms with E-state index in [-0.39, 0.29) is 11.7 Å². The zero-order valence-electron chi connectivity index (χ0n) is 13.5. The Kier molecular flexibility index (Phi) is 3.71. The largest absolute Gasteiger partial charge is 0.439 e. The monoisotopic (exact) mass is 329 g/mol. The fourth-order valence-electron chi connectivity index (χ4n) is 2.51. The van der Waals surface area contributed by atoms with Crippen LogP contribution in [0.15, 0.2) is 36.5 Å². The van der Waals surface area contributed by atoms with Crippen LogP contribution >= 0.6 is 0 Å². The molecule has 1 fully saturated rings. The lowest BCUT2D eigenvalue weighted by Gasteiger charge is -2.27. The summed E-state index contributed by atoms with van der Waals surface area (Å²) in [6.07, 6.45) is 1.45. The lowest BCUT2D eigenvalue weighted by Crippen LogP contribution is -2.44. The molecule has 124 valence electrons. The van der Waals surface area contributed by atoms with E-state index in [1.165, 1.54) is 29.3 Å². The van der Waals surface area contributed by atoms with Crippen LogP contribution in [0.1, 0.15) is 19.4 Å². The topological polar surface area (TPSA) is 71.5 Å². The van der Waals surface area contributed by atoms with Crippen molar-refractivity contribution in [3.63, 3.8) is 0 Å². The summed E-state index contributed by atoms with van der Waals surface area (Å²) in [5, 5.41) is 2.28. The van der Waals surface area contributed by atoms with Gasteiger partial charge in [0, 0.05) is 6.07 Å². The van der Waals surface area contributed by atoms with Gasteiger partial charge < -0.3 is 4.74 Å². The van der Waals surface area contributed by atoms with Gasteiger partial charge in [-0.3, -0.25) is 15.0 Å². The molecule has 1 saturated heterocycles. The summed E-state index contributed by atoms with van der Waals surface area (Å²) in [5.41, 5.74) is 0.132. The van der Waals surface area contributed by atoms with E-state index in [1.807, 2.05) is 0 Å². The predicted octanol–water partition coefficient (Wildman–Crippen LogP) is 3.16. The van der Waals surface area contributed by atoms with Crippen LogP contribution in [0.2, 0.25) is 0 Å². The van der Waals surface area contributed by atoms with Crippen LogP contribution in [0.25, 0.3) is 0 Å². The van der Waals surface area contributed by atoms with Crippen LogP contribution in [0.4, 0.5) is 14.9 Å². The predicted molar refractivity (Wildman–Crippen MR) is 85.5 cm³/mol. The summed E-state index contributed by atoms with van der Waals surface area (Å²) >= 11 is 0. The van der Waals surface area contributed by atoms with E-state index >= 15 is 0 Å². The molecule has 0 unspecified atom stereocenters. The molecule has 0 radical (unpaired) electrons. The minimum absolute atomic E-state index is 0.303. The van der Waals surface area contributed by atoms with Gasteiger partial charge in [0.2, 0.25) is 5.88 Å². The average molecular weight is 329 g/mol. The van der Waals surface area contributed by atoms with E-state index in [2.05, 4.69) is 10.3 Å². The normalized spacial score (nSPS) is 16.2. The van der Waals surface area contributed by atoms with Crippen molar-refractivity contribution >= 4 is 17.6 Å². The van der Waals surface area contributed by atoms with Crippen LogP contribution in [-0.4, -0.2) is 22.5 Å². The molecule has 0 saturated carbocycles.